The van der Waals surface area contributed by atoms with E-state index in [2.05, 4.69) is 9.97 Å². The van der Waals surface area contributed by atoms with Gasteiger partial charge in [-0.1, -0.05) is 12.1 Å². The van der Waals surface area contributed by atoms with Crippen LogP contribution in [0.1, 0.15) is 5.56 Å². The number of fused-ring (bicyclic) bond motifs is 1. The molecule has 1 aromatic heterocycles. The van der Waals surface area contributed by atoms with Crippen molar-refractivity contribution in [3.8, 4) is 11.1 Å². The average Bonchev–Trinajstić information content (AvgIpc) is 2.47. The first-order valence-electron chi connectivity index (χ1n) is 6.39. The topological polar surface area (TPSA) is 65.7 Å². The minimum absolute atomic E-state index is 0.0434. The predicted octanol–water partition coefficient (Wildman–Crippen LogP) is 3.04. The van der Waals surface area contributed by atoms with Gasteiger partial charge in [-0.3, -0.25) is 9.59 Å². The molecule has 3 aromatic rings. The van der Waals surface area contributed by atoms with Crippen molar-refractivity contribution in [3.05, 3.63) is 68.5 Å². The summed E-state index contributed by atoms with van der Waals surface area (Å²) in [6.07, 6.45) is -4.69. The van der Waals surface area contributed by atoms with Crippen LogP contribution in [0.2, 0.25) is 0 Å². The van der Waals surface area contributed by atoms with Crippen LogP contribution in [-0.2, 0) is 6.18 Å². The van der Waals surface area contributed by atoms with E-state index in [1.54, 1.807) is 0 Å². The quantitative estimate of drug-likeness (QED) is 0.534. The largest absolute Gasteiger partial charge is 0.417 e. The molecule has 2 aromatic carbocycles. The van der Waals surface area contributed by atoms with E-state index >= 15 is 0 Å². The van der Waals surface area contributed by atoms with Crippen molar-refractivity contribution in [2.24, 2.45) is 0 Å². The fourth-order valence-electron chi connectivity index (χ4n) is 2.27. The standard InChI is InChI=1S/C15H8F4N2O2/c16-8-3-1-7(2-4-8)9-5-11-12(6-10(9)15(17,18)19)21-14(23)13(22)20-11/h1-6H,(H,20,22)(H,21,23). The number of aromatic amines is 2. The fraction of sp³-hybridized carbons (Fsp3) is 0.0667. The highest BCUT2D eigenvalue weighted by Gasteiger charge is 2.34. The molecular weight excluding hydrogens is 316 g/mol. The molecule has 0 aliphatic carbocycles. The molecule has 2 N–H and O–H groups in total. The second-order valence-corrected chi connectivity index (χ2v) is 4.86. The lowest BCUT2D eigenvalue weighted by atomic mass is 9.98. The normalized spacial score (nSPS) is 11.8. The van der Waals surface area contributed by atoms with E-state index in [0.29, 0.717) is 0 Å². The first-order chi connectivity index (χ1) is 10.8. The number of alkyl halides is 3. The van der Waals surface area contributed by atoms with Crippen LogP contribution in [0.4, 0.5) is 17.6 Å². The minimum Gasteiger partial charge on any atom is -0.316 e. The monoisotopic (exact) mass is 324 g/mol. The summed E-state index contributed by atoms with van der Waals surface area (Å²) in [5, 5.41) is 0. The van der Waals surface area contributed by atoms with Crippen LogP contribution in [0.25, 0.3) is 22.2 Å². The number of aromatic nitrogens is 2. The van der Waals surface area contributed by atoms with Crippen molar-refractivity contribution in [3.63, 3.8) is 0 Å². The molecule has 3 rings (SSSR count). The van der Waals surface area contributed by atoms with Crippen molar-refractivity contribution in [2.75, 3.05) is 0 Å². The number of H-pyrrole nitrogens is 2. The Morgan fingerprint density at radius 1 is 0.826 bits per heavy atom. The molecule has 0 unspecified atom stereocenters. The zero-order valence-corrected chi connectivity index (χ0v) is 11.3. The molecule has 0 saturated carbocycles. The third-order valence-electron chi connectivity index (χ3n) is 3.32. The summed E-state index contributed by atoms with van der Waals surface area (Å²) >= 11 is 0. The second-order valence-electron chi connectivity index (χ2n) is 4.86. The van der Waals surface area contributed by atoms with Crippen molar-refractivity contribution in [2.45, 2.75) is 6.18 Å². The van der Waals surface area contributed by atoms with E-state index in [-0.39, 0.29) is 22.2 Å². The molecule has 23 heavy (non-hydrogen) atoms. The Morgan fingerprint density at radius 2 is 1.35 bits per heavy atom. The molecule has 8 heteroatoms. The summed E-state index contributed by atoms with van der Waals surface area (Å²) in [5.74, 6) is -0.583. The summed E-state index contributed by atoms with van der Waals surface area (Å²) in [5.41, 5.74) is -3.21. The van der Waals surface area contributed by atoms with Gasteiger partial charge in [0.15, 0.2) is 0 Å². The molecule has 0 aliphatic rings. The molecule has 0 amide bonds. The lowest BCUT2D eigenvalue weighted by molar-refractivity contribution is -0.137. The van der Waals surface area contributed by atoms with Crippen molar-refractivity contribution < 1.29 is 17.6 Å². The van der Waals surface area contributed by atoms with E-state index in [0.717, 1.165) is 24.3 Å². The Morgan fingerprint density at radius 3 is 1.87 bits per heavy atom. The van der Waals surface area contributed by atoms with Gasteiger partial charge in [0.25, 0.3) is 0 Å². The van der Waals surface area contributed by atoms with Crippen molar-refractivity contribution in [1.29, 1.82) is 0 Å². The molecule has 1 heterocycles. The third kappa shape index (κ3) is 2.75. The highest BCUT2D eigenvalue weighted by molar-refractivity contribution is 5.84. The van der Waals surface area contributed by atoms with E-state index in [1.165, 1.54) is 12.1 Å². The molecule has 0 aliphatic heterocycles. The summed E-state index contributed by atoms with van der Waals surface area (Å²) in [7, 11) is 0. The van der Waals surface area contributed by atoms with Gasteiger partial charge in [0.05, 0.1) is 16.6 Å². The summed E-state index contributed by atoms with van der Waals surface area (Å²) < 4.78 is 52.8. The van der Waals surface area contributed by atoms with Gasteiger partial charge >= 0.3 is 17.3 Å². The Hall–Kier alpha value is -2.90. The van der Waals surface area contributed by atoms with Gasteiger partial charge in [-0.15, -0.1) is 0 Å². The number of benzene rings is 2. The highest BCUT2D eigenvalue weighted by atomic mass is 19.4. The third-order valence-corrected chi connectivity index (χ3v) is 3.32. The number of halogens is 4. The molecule has 0 atom stereocenters. The van der Waals surface area contributed by atoms with E-state index in [1.807, 2.05) is 0 Å². The molecule has 4 nitrogen and oxygen atoms in total. The minimum atomic E-state index is -4.69. The van der Waals surface area contributed by atoms with E-state index < -0.39 is 28.7 Å². The van der Waals surface area contributed by atoms with Gasteiger partial charge in [-0.05, 0) is 35.4 Å². The van der Waals surface area contributed by atoms with Gasteiger partial charge < -0.3 is 9.97 Å². The molecule has 118 valence electrons. The molecular formula is C15H8F4N2O2. The van der Waals surface area contributed by atoms with Gasteiger partial charge in [-0.2, -0.15) is 13.2 Å². The number of hydrogen-bond acceptors (Lipinski definition) is 2. The van der Waals surface area contributed by atoms with Gasteiger partial charge in [0.1, 0.15) is 5.82 Å². The van der Waals surface area contributed by atoms with Crippen LogP contribution < -0.4 is 11.1 Å². The second kappa shape index (κ2) is 5.08. The molecule has 0 saturated heterocycles. The number of rotatable bonds is 1. The number of hydrogen-bond donors (Lipinski definition) is 2. The van der Waals surface area contributed by atoms with E-state index in [4.69, 9.17) is 0 Å². The van der Waals surface area contributed by atoms with Crippen LogP contribution >= 0.6 is 0 Å². The number of nitrogens with one attached hydrogen (secondary N) is 2. The zero-order chi connectivity index (χ0) is 16.8. The highest BCUT2D eigenvalue weighted by Crippen LogP contribution is 2.38. The van der Waals surface area contributed by atoms with Gasteiger partial charge in [0, 0.05) is 0 Å². The molecule has 0 bridgehead atoms. The van der Waals surface area contributed by atoms with Gasteiger partial charge in [-0.25, -0.2) is 4.39 Å². The SMILES string of the molecule is O=c1[nH]c2cc(-c3ccc(F)cc3)c(C(F)(F)F)cc2[nH]c1=O. The zero-order valence-electron chi connectivity index (χ0n) is 11.3. The Labute approximate surface area is 125 Å². The molecule has 0 radical (unpaired) electrons. The van der Waals surface area contributed by atoms with Crippen LogP contribution in [0.3, 0.4) is 0 Å². The Kier molecular flexibility index (Phi) is 3.32. The molecule has 0 spiro atoms. The van der Waals surface area contributed by atoms with Gasteiger partial charge in [0.2, 0.25) is 0 Å². The lowest BCUT2D eigenvalue weighted by Crippen LogP contribution is -2.29. The lowest BCUT2D eigenvalue weighted by Gasteiger charge is -2.14. The van der Waals surface area contributed by atoms with Crippen LogP contribution in [0, 0.1) is 5.82 Å². The average molecular weight is 324 g/mol. The Bertz CT molecular complexity index is 1000. The maximum atomic E-state index is 13.3. The predicted molar refractivity (Wildman–Crippen MR) is 75.6 cm³/mol. The van der Waals surface area contributed by atoms with Crippen molar-refractivity contribution in [1.82, 2.24) is 9.97 Å². The van der Waals surface area contributed by atoms with Crippen LogP contribution in [-0.4, -0.2) is 9.97 Å². The summed E-state index contributed by atoms with van der Waals surface area (Å²) in [4.78, 5) is 26.9. The Balaban J connectivity index is 2.38. The first kappa shape index (κ1) is 15.0. The van der Waals surface area contributed by atoms with E-state index in [9.17, 15) is 27.2 Å². The molecule has 0 fully saturated rings. The first-order valence-corrected chi connectivity index (χ1v) is 6.39. The van der Waals surface area contributed by atoms with Crippen LogP contribution in [0.15, 0.2) is 46.0 Å². The fourth-order valence-corrected chi connectivity index (χ4v) is 2.27. The maximum Gasteiger partial charge on any atom is 0.417 e. The summed E-state index contributed by atoms with van der Waals surface area (Å²) in [6.45, 7) is 0. The maximum absolute atomic E-state index is 13.3. The van der Waals surface area contributed by atoms with Crippen molar-refractivity contribution >= 4 is 11.0 Å². The summed E-state index contributed by atoms with van der Waals surface area (Å²) in [6, 6.07) is 6.32. The smallest absolute Gasteiger partial charge is 0.316 e. The van der Waals surface area contributed by atoms with Crippen LogP contribution in [0.5, 0.6) is 0 Å².